The average Bonchev–Trinajstić information content (AvgIpc) is 2.65. The van der Waals surface area contributed by atoms with E-state index < -0.39 is 0 Å². The van der Waals surface area contributed by atoms with Gasteiger partial charge in [0.15, 0.2) is 0 Å². The van der Waals surface area contributed by atoms with Crippen LogP contribution in [0.25, 0.3) is 0 Å². The Morgan fingerprint density at radius 1 is 1.56 bits per heavy atom. The summed E-state index contributed by atoms with van der Waals surface area (Å²) < 4.78 is 1.88. The summed E-state index contributed by atoms with van der Waals surface area (Å²) in [7, 11) is 1.98. The van der Waals surface area contributed by atoms with Crippen molar-refractivity contribution in [3.05, 3.63) is 18.0 Å². The van der Waals surface area contributed by atoms with Gasteiger partial charge in [-0.3, -0.25) is 9.58 Å². The van der Waals surface area contributed by atoms with Crippen LogP contribution in [0.5, 0.6) is 0 Å². The van der Waals surface area contributed by atoms with Gasteiger partial charge >= 0.3 is 0 Å². The number of halogens is 1. The molecule has 0 aromatic carbocycles. The molecule has 1 fully saturated rings. The molecule has 0 saturated carbocycles. The zero-order chi connectivity index (χ0) is 11.4. The van der Waals surface area contributed by atoms with Crippen LogP contribution in [-0.4, -0.2) is 33.1 Å². The summed E-state index contributed by atoms with van der Waals surface area (Å²) in [6.07, 6.45) is 6.06. The smallest absolute Gasteiger partial charge is 0.0764 e. The highest BCUT2D eigenvalue weighted by Gasteiger charge is 2.19. The number of rotatable bonds is 4. The Kier molecular flexibility index (Phi) is 4.41. The van der Waals surface area contributed by atoms with Crippen molar-refractivity contribution in [3.63, 3.8) is 0 Å². The number of hydrogen-bond donors (Lipinski definition) is 0. The maximum Gasteiger partial charge on any atom is 0.0764 e. The number of nitrogens with zero attached hydrogens (tertiary/aromatic N) is 3. The van der Waals surface area contributed by atoms with Crippen molar-refractivity contribution in [2.45, 2.75) is 25.8 Å². The zero-order valence-corrected chi connectivity index (χ0v) is 11.5. The molecule has 1 aliphatic heterocycles. The molecule has 0 radical (unpaired) electrons. The molecule has 1 aromatic rings. The van der Waals surface area contributed by atoms with Crippen LogP contribution in [0.1, 0.15) is 25.0 Å². The van der Waals surface area contributed by atoms with E-state index in [2.05, 4.69) is 32.0 Å². The van der Waals surface area contributed by atoms with Gasteiger partial charge < -0.3 is 0 Å². The van der Waals surface area contributed by atoms with Gasteiger partial charge in [-0.1, -0.05) is 15.9 Å². The molecule has 2 rings (SSSR count). The molecular formula is C12H20BrN3. The normalized spacial score (nSPS) is 22.5. The second-order valence-electron chi connectivity index (χ2n) is 4.70. The van der Waals surface area contributed by atoms with E-state index in [1.165, 1.54) is 38.0 Å². The molecule has 1 unspecified atom stereocenters. The van der Waals surface area contributed by atoms with E-state index in [0.717, 1.165) is 17.8 Å². The average molecular weight is 286 g/mol. The van der Waals surface area contributed by atoms with Crippen LogP contribution in [-0.2, 0) is 13.6 Å². The summed E-state index contributed by atoms with van der Waals surface area (Å²) in [5, 5.41) is 5.58. The van der Waals surface area contributed by atoms with Crippen molar-refractivity contribution in [1.29, 1.82) is 0 Å². The topological polar surface area (TPSA) is 21.1 Å². The maximum atomic E-state index is 4.44. The highest BCUT2D eigenvalue weighted by Crippen LogP contribution is 2.21. The van der Waals surface area contributed by atoms with Crippen LogP contribution >= 0.6 is 15.9 Å². The van der Waals surface area contributed by atoms with Gasteiger partial charge in [-0.15, -0.1) is 0 Å². The Hall–Kier alpha value is -0.350. The highest BCUT2D eigenvalue weighted by atomic mass is 79.9. The Morgan fingerprint density at radius 3 is 3.12 bits per heavy atom. The molecule has 1 atom stereocenters. The van der Waals surface area contributed by atoms with Gasteiger partial charge in [0.05, 0.1) is 5.69 Å². The minimum atomic E-state index is 0.872. The molecule has 0 aliphatic carbocycles. The Bertz CT molecular complexity index is 322. The first-order chi connectivity index (χ1) is 7.78. The third kappa shape index (κ3) is 3.32. The van der Waals surface area contributed by atoms with E-state index in [1.807, 2.05) is 17.9 Å². The number of alkyl halides is 1. The number of likely N-dealkylation sites (tertiary alicyclic amines) is 1. The first-order valence-corrected chi connectivity index (χ1v) is 7.17. The van der Waals surface area contributed by atoms with Crippen molar-refractivity contribution < 1.29 is 0 Å². The molecule has 0 bridgehead atoms. The van der Waals surface area contributed by atoms with E-state index in [4.69, 9.17) is 0 Å². The van der Waals surface area contributed by atoms with E-state index in [1.54, 1.807) is 0 Å². The van der Waals surface area contributed by atoms with Crippen molar-refractivity contribution in [1.82, 2.24) is 14.7 Å². The van der Waals surface area contributed by atoms with E-state index in [-0.39, 0.29) is 0 Å². The third-order valence-electron chi connectivity index (χ3n) is 3.27. The molecule has 0 N–H and O–H groups in total. The minimum Gasteiger partial charge on any atom is -0.297 e. The number of aryl methyl sites for hydroxylation is 1. The summed E-state index contributed by atoms with van der Waals surface area (Å²) in [6.45, 7) is 3.48. The SMILES string of the molecule is Cn1ccc(CN2CCCC(CCBr)C2)n1. The standard InChI is InChI=1S/C12H20BrN3/c1-15-8-5-12(14-15)10-16-7-2-3-11(9-16)4-6-13/h5,8,11H,2-4,6-7,9-10H2,1H3. The van der Waals surface area contributed by atoms with Gasteiger partial charge in [0, 0.05) is 31.7 Å². The van der Waals surface area contributed by atoms with Crippen LogP contribution in [0.15, 0.2) is 12.3 Å². The van der Waals surface area contributed by atoms with Crippen molar-refractivity contribution in [2.24, 2.45) is 13.0 Å². The summed E-state index contributed by atoms with van der Waals surface area (Å²) in [5.74, 6) is 0.872. The Labute approximate surface area is 106 Å². The van der Waals surface area contributed by atoms with Crippen molar-refractivity contribution >= 4 is 15.9 Å². The van der Waals surface area contributed by atoms with Gasteiger partial charge in [-0.05, 0) is 37.8 Å². The van der Waals surface area contributed by atoms with Gasteiger partial charge in [0.2, 0.25) is 0 Å². The van der Waals surface area contributed by atoms with E-state index in [9.17, 15) is 0 Å². The lowest BCUT2D eigenvalue weighted by molar-refractivity contribution is 0.163. The molecule has 4 heteroatoms. The first kappa shape index (κ1) is 12.1. The second kappa shape index (κ2) is 5.82. The van der Waals surface area contributed by atoms with Crippen LogP contribution in [0.2, 0.25) is 0 Å². The van der Waals surface area contributed by atoms with Gasteiger partial charge in [-0.2, -0.15) is 5.10 Å². The van der Waals surface area contributed by atoms with Crippen molar-refractivity contribution in [2.75, 3.05) is 18.4 Å². The van der Waals surface area contributed by atoms with Crippen molar-refractivity contribution in [3.8, 4) is 0 Å². The minimum absolute atomic E-state index is 0.872. The Morgan fingerprint density at radius 2 is 2.44 bits per heavy atom. The molecule has 1 aromatic heterocycles. The second-order valence-corrected chi connectivity index (χ2v) is 5.49. The Balaban J connectivity index is 1.85. The lowest BCUT2D eigenvalue weighted by Crippen LogP contribution is -2.35. The summed E-state index contributed by atoms with van der Waals surface area (Å²) in [4.78, 5) is 2.54. The third-order valence-corrected chi connectivity index (χ3v) is 3.73. The molecule has 90 valence electrons. The summed E-state index contributed by atoms with van der Waals surface area (Å²) >= 11 is 3.54. The highest BCUT2D eigenvalue weighted by molar-refractivity contribution is 9.09. The molecular weight excluding hydrogens is 266 g/mol. The lowest BCUT2D eigenvalue weighted by Gasteiger charge is -2.31. The summed E-state index contributed by atoms with van der Waals surface area (Å²) in [6, 6.07) is 2.12. The monoisotopic (exact) mass is 285 g/mol. The quantitative estimate of drug-likeness (QED) is 0.793. The van der Waals surface area contributed by atoms with Gasteiger partial charge in [-0.25, -0.2) is 0 Å². The molecule has 0 amide bonds. The van der Waals surface area contributed by atoms with E-state index >= 15 is 0 Å². The number of aromatic nitrogens is 2. The molecule has 2 heterocycles. The van der Waals surface area contributed by atoms with Gasteiger partial charge in [0.1, 0.15) is 0 Å². The maximum absolute atomic E-state index is 4.44. The number of hydrogen-bond acceptors (Lipinski definition) is 2. The molecule has 0 spiro atoms. The predicted octanol–water partition coefficient (Wildman–Crippen LogP) is 2.42. The molecule has 1 saturated heterocycles. The molecule has 1 aliphatic rings. The fourth-order valence-corrected chi connectivity index (χ4v) is 3.11. The van der Waals surface area contributed by atoms with E-state index in [0.29, 0.717) is 0 Å². The van der Waals surface area contributed by atoms with Crippen LogP contribution in [0.4, 0.5) is 0 Å². The molecule has 3 nitrogen and oxygen atoms in total. The largest absolute Gasteiger partial charge is 0.297 e. The van der Waals surface area contributed by atoms with Gasteiger partial charge in [0.25, 0.3) is 0 Å². The van der Waals surface area contributed by atoms with Crippen LogP contribution in [0, 0.1) is 5.92 Å². The lowest BCUT2D eigenvalue weighted by atomic mass is 9.95. The van der Waals surface area contributed by atoms with Crippen LogP contribution in [0.3, 0.4) is 0 Å². The predicted molar refractivity (Wildman–Crippen MR) is 69.6 cm³/mol. The molecule has 16 heavy (non-hydrogen) atoms. The number of piperidine rings is 1. The van der Waals surface area contributed by atoms with Crippen LogP contribution < -0.4 is 0 Å². The fourth-order valence-electron chi connectivity index (χ4n) is 2.46. The zero-order valence-electron chi connectivity index (χ0n) is 9.90. The fraction of sp³-hybridized carbons (Fsp3) is 0.750. The first-order valence-electron chi connectivity index (χ1n) is 6.05. The summed E-state index contributed by atoms with van der Waals surface area (Å²) in [5.41, 5.74) is 1.20.